The molecule has 1 unspecified atom stereocenters. The summed E-state index contributed by atoms with van der Waals surface area (Å²) in [5.74, 6) is -1.82. The number of halogens is 4. The van der Waals surface area contributed by atoms with Crippen LogP contribution in [0.4, 0.5) is 23.4 Å². The van der Waals surface area contributed by atoms with Gasteiger partial charge in [0.1, 0.15) is 17.7 Å². The van der Waals surface area contributed by atoms with Crippen LogP contribution in [0.2, 0.25) is 0 Å². The number of nitrogens with one attached hydrogen (secondary N) is 2. The Balaban J connectivity index is 1.21. The Morgan fingerprint density at radius 3 is 2.66 bits per heavy atom. The summed E-state index contributed by atoms with van der Waals surface area (Å²) in [4.78, 5) is 28.6. The molecule has 3 aromatic heterocycles. The van der Waals surface area contributed by atoms with Crippen molar-refractivity contribution in [2.45, 2.75) is 51.7 Å². The van der Waals surface area contributed by atoms with Crippen molar-refractivity contribution in [1.29, 1.82) is 0 Å². The van der Waals surface area contributed by atoms with Crippen LogP contribution in [-0.2, 0) is 30.8 Å². The molecule has 4 rings (SSSR count). The standard InChI is InChI=1S/C25H25F4N9O3/c1-25(28,29)41-19-5-6-20(27)16(10-19)12-31-24(40)21-14-38(35-33-21)13-17(26)7-9-37-15-22(34-36-37)32-23(39)11-18-4-2-3-8-30-18/h2-6,8,10,14-15,17H,7,9,11-13H2,1H3,(H,31,40)(H,32,39). The number of alkyl halides is 3. The van der Waals surface area contributed by atoms with Crippen molar-refractivity contribution >= 4 is 17.6 Å². The molecule has 0 saturated carbocycles. The largest absolute Gasteiger partial charge is 0.433 e. The van der Waals surface area contributed by atoms with E-state index < -0.39 is 24.0 Å². The van der Waals surface area contributed by atoms with Crippen LogP contribution in [0.5, 0.6) is 5.75 Å². The lowest BCUT2D eigenvalue weighted by Gasteiger charge is -2.14. The fourth-order valence-electron chi connectivity index (χ4n) is 3.60. The molecule has 0 fully saturated rings. The molecule has 0 bridgehead atoms. The summed E-state index contributed by atoms with van der Waals surface area (Å²) in [6, 6.07) is 8.28. The Labute approximate surface area is 230 Å². The monoisotopic (exact) mass is 575 g/mol. The molecule has 0 radical (unpaired) electrons. The molecule has 1 aromatic carbocycles. The van der Waals surface area contributed by atoms with Crippen molar-refractivity contribution in [3.8, 4) is 5.75 Å². The third-order valence-electron chi connectivity index (χ3n) is 5.46. The molecule has 3 heterocycles. The number of benzene rings is 1. The zero-order valence-corrected chi connectivity index (χ0v) is 21.7. The molecular formula is C25H25F4N9O3. The lowest BCUT2D eigenvalue weighted by molar-refractivity contribution is -0.159. The normalized spacial score (nSPS) is 12.1. The molecule has 0 aliphatic carbocycles. The molecule has 16 heteroatoms. The van der Waals surface area contributed by atoms with Crippen molar-refractivity contribution in [1.82, 2.24) is 40.3 Å². The van der Waals surface area contributed by atoms with E-state index in [0.717, 1.165) is 22.9 Å². The molecule has 2 N–H and O–H groups in total. The third-order valence-corrected chi connectivity index (χ3v) is 5.46. The van der Waals surface area contributed by atoms with Crippen molar-refractivity contribution in [3.05, 3.63) is 77.8 Å². The summed E-state index contributed by atoms with van der Waals surface area (Å²) in [5, 5.41) is 20.1. The van der Waals surface area contributed by atoms with Gasteiger partial charge >= 0.3 is 6.11 Å². The van der Waals surface area contributed by atoms with Crippen molar-refractivity contribution in [2.75, 3.05) is 5.32 Å². The van der Waals surface area contributed by atoms with Crippen LogP contribution < -0.4 is 15.4 Å². The molecule has 1 atom stereocenters. The van der Waals surface area contributed by atoms with Gasteiger partial charge in [-0.15, -0.1) is 10.2 Å². The number of carbonyl (C=O) groups excluding carboxylic acids is 2. The SMILES string of the molecule is CC(F)(F)Oc1ccc(F)c(CNC(=O)c2cn(CC(F)CCn3cc(NC(=O)Cc4ccccn4)nn3)nn2)c1. The lowest BCUT2D eigenvalue weighted by Crippen LogP contribution is -2.24. The van der Waals surface area contributed by atoms with Crippen molar-refractivity contribution in [3.63, 3.8) is 0 Å². The van der Waals surface area contributed by atoms with Crippen LogP contribution in [0.15, 0.2) is 55.0 Å². The Kier molecular flexibility index (Phi) is 9.21. The van der Waals surface area contributed by atoms with Crippen LogP contribution in [-0.4, -0.2) is 59.1 Å². The number of aryl methyl sites for hydroxylation is 1. The molecule has 0 saturated heterocycles. The minimum atomic E-state index is -3.46. The fraction of sp³-hybridized carbons (Fsp3) is 0.320. The van der Waals surface area contributed by atoms with Gasteiger partial charge in [-0.25, -0.2) is 13.5 Å². The number of ether oxygens (including phenoxy) is 1. The second-order valence-corrected chi connectivity index (χ2v) is 8.97. The Morgan fingerprint density at radius 1 is 1.10 bits per heavy atom. The van der Waals surface area contributed by atoms with Gasteiger partial charge in [-0.2, -0.15) is 8.78 Å². The third kappa shape index (κ3) is 9.08. The first-order valence-corrected chi connectivity index (χ1v) is 12.3. The van der Waals surface area contributed by atoms with E-state index in [1.165, 1.54) is 17.1 Å². The maximum absolute atomic E-state index is 14.6. The maximum atomic E-state index is 14.6. The van der Waals surface area contributed by atoms with E-state index in [0.29, 0.717) is 12.6 Å². The highest BCUT2D eigenvalue weighted by molar-refractivity contribution is 5.92. The number of rotatable bonds is 13. The van der Waals surface area contributed by atoms with Crippen LogP contribution in [0.3, 0.4) is 0 Å². The summed E-state index contributed by atoms with van der Waals surface area (Å²) in [6.45, 7) is 0.160. The minimum Gasteiger partial charge on any atom is -0.433 e. The summed E-state index contributed by atoms with van der Waals surface area (Å²) >= 11 is 0. The average Bonchev–Trinajstić information content (AvgIpc) is 3.57. The van der Waals surface area contributed by atoms with E-state index in [-0.39, 0.29) is 61.2 Å². The van der Waals surface area contributed by atoms with E-state index in [9.17, 15) is 27.2 Å². The number of aromatic nitrogens is 7. The molecule has 0 spiro atoms. The topological polar surface area (TPSA) is 142 Å². The highest BCUT2D eigenvalue weighted by atomic mass is 19.3. The van der Waals surface area contributed by atoms with Gasteiger partial charge in [-0.05, 0) is 30.3 Å². The first-order chi connectivity index (χ1) is 19.5. The summed E-state index contributed by atoms with van der Waals surface area (Å²) < 4.78 is 61.7. The van der Waals surface area contributed by atoms with Gasteiger partial charge in [0.05, 0.1) is 25.4 Å². The molecule has 4 aromatic rings. The smallest absolute Gasteiger partial charge is 0.394 e. The second kappa shape index (κ2) is 13.0. The van der Waals surface area contributed by atoms with Gasteiger partial charge in [0, 0.05) is 43.9 Å². The summed E-state index contributed by atoms with van der Waals surface area (Å²) in [5.41, 5.74) is 0.370. The van der Waals surface area contributed by atoms with Gasteiger partial charge < -0.3 is 15.4 Å². The van der Waals surface area contributed by atoms with Crippen LogP contribution in [0.1, 0.15) is 35.1 Å². The average molecular weight is 576 g/mol. The highest BCUT2D eigenvalue weighted by Crippen LogP contribution is 2.23. The molecule has 0 aliphatic rings. The molecule has 0 aliphatic heterocycles. The number of carbonyl (C=O) groups is 2. The molecule has 12 nitrogen and oxygen atoms in total. The van der Waals surface area contributed by atoms with E-state index >= 15 is 0 Å². The van der Waals surface area contributed by atoms with Gasteiger partial charge in [0.15, 0.2) is 11.5 Å². The predicted octanol–water partition coefficient (Wildman–Crippen LogP) is 2.93. The van der Waals surface area contributed by atoms with Gasteiger partial charge in [-0.1, -0.05) is 16.5 Å². The number of pyridine rings is 1. The molecule has 41 heavy (non-hydrogen) atoms. The maximum Gasteiger partial charge on any atom is 0.394 e. The number of nitrogens with zero attached hydrogens (tertiary/aromatic N) is 7. The van der Waals surface area contributed by atoms with E-state index in [1.807, 2.05) is 0 Å². The van der Waals surface area contributed by atoms with E-state index in [2.05, 4.69) is 41.0 Å². The Morgan fingerprint density at radius 2 is 1.90 bits per heavy atom. The van der Waals surface area contributed by atoms with Crippen LogP contribution in [0, 0.1) is 5.82 Å². The number of anilines is 1. The Bertz CT molecular complexity index is 1470. The quantitative estimate of drug-likeness (QED) is 0.232. The van der Waals surface area contributed by atoms with Gasteiger partial charge in [0.25, 0.3) is 5.91 Å². The molecular weight excluding hydrogens is 550 g/mol. The first kappa shape index (κ1) is 29.1. The van der Waals surface area contributed by atoms with Crippen molar-refractivity contribution < 1.29 is 31.9 Å². The van der Waals surface area contributed by atoms with Crippen molar-refractivity contribution in [2.24, 2.45) is 0 Å². The van der Waals surface area contributed by atoms with E-state index in [1.54, 1.807) is 24.4 Å². The zero-order valence-electron chi connectivity index (χ0n) is 21.7. The van der Waals surface area contributed by atoms with Crippen LogP contribution >= 0.6 is 0 Å². The van der Waals surface area contributed by atoms with E-state index in [4.69, 9.17) is 0 Å². The minimum absolute atomic E-state index is 0.0283. The second-order valence-electron chi connectivity index (χ2n) is 8.97. The molecule has 216 valence electrons. The zero-order chi connectivity index (χ0) is 29.4. The summed E-state index contributed by atoms with van der Waals surface area (Å²) in [7, 11) is 0. The first-order valence-electron chi connectivity index (χ1n) is 12.3. The number of amides is 2. The van der Waals surface area contributed by atoms with Gasteiger partial charge in [-0.3, -0.25) is 19.3 Å². The highest BCUT2D eigenvalue weighted by Gasteiger charge is 2.24. The van der Waals surface area contributed by atoms with Gasteiger partial charge in [0.2, 0.25) is 5.91 Å². The summed E-state index contributed by atoms with van der Waals surface area (Å²) in [6.07, 6.45) is -0.463. The van der Waals surface area contributed by atoms with Crippen LogP contribution in [0.25, 0.3) is 0 Å². The number of hydrogen-bond acceptors (Lipinski definition) is 8. The predicted molar refractivity (Wildman–Crippen MR) is 135 cm³/mol. The fourth-order valence-corrected chi connectivity index (χ4v) is 3.60. The lowest BCUT2D eigenvalue weighted by atomic mass is 10.2. The number of hydrogen-bond donors (Lipinski definition) is 2. The molecule has 2 amide bonds. The Hall–Kier alpha value is -4.89.